The van der Waals surface area contributed by atoms with Crippen LogP contribution in [-0.4, -0.2) is 61.2 Å². The van der Waals surface area contributed by atoms with Crippen LogP contribution in [0.25, 0.3) is 0 Å². The Morgan fingerprint density at radius 2 is 1.94 bits per heavy atom. The molecule has 3 nitrogen and oxygen atoms in total. The first-order chi connectivity index (χ1) is 7.84. The minimum atomic E-state index is 0.835. The summed E-state index contributed by atoms with van der Waals surface area (Å²) in [6, 6.07) is 1.74. The SMILES string of the molecule is CC1CNCCC1N1CCN2CCCC2C1. The van der Waals surface area contributed by atoms with Crippen LogP contribution in [-0.2, 0) is 0 Å². The lowest BCUT2D eigenvalue weighted by atomic mass is 9.92. The van der Waals surface area contributed by atoms with Gasteiger partial charge in [0.2, 0.25) is 0 Å². The van der Waals surface area contributed by atoms with E-state index in [-0.39, 0.29) is 0 Å². The van der Waals surface area contributed by atoms with E-state index in [0.717, 1.165) is 18.0 Å². The van der Waals surface area contributed by atoms with Gasteiger partial charge in [0.15, 0.2) is 0 Å². The number of nitrogens with zero attached hydrogens (tertiary/aromatic N) is 2. The molecule has 3 heterocycles. The standard InChI is InChI=1S/C13H25N3/c1-11-9-14-5-4-13(11)16-8-7-15-6-2-3-12(15)10-16/h11-14H,2-10H2,1H3. The van der Waals surface area contributed by atoms with Gasteiger partial charge >= 0.3 is 0 Å². The van der Waals surface area contributed by atoms with Gasteiger partial charge in [0.25, 0.3) is 0 Å². The molecular weight excluding hydrogens is 198 g/mol. The average Bonchev–Trinajstić information content (AvgIpc) is 2.76. The second-order valence-corrected chi connectivity index (χ2v) is 5.86. The second-order valence-electron chi connectivity index (χ2n) is 5.86. The van der Waals surface area contributed by atoms with Crippen molar-refractivity contribution in [3.8, 4) is 0 Å². The molecule has 0 spiro atoms. The molecule has 0 aromatic carbocycles. The molecule has 3 atom stereocenters. The minimum Gasteiger partial charge on any atom is -0.316 e. The van der Waals surface area contributed by atoms with Gasteiger partial charge in [0.1, 0.15) is 0 Å². The van der Waals surface area contributed by atoms with Crippen LogP contribution in [0.2, 0.25) is 0 Å². The Balaban J connectivity index is 1.62. The van der Waals surface area contributed by atoms with Gasteiger partial charge in [-0.15, -0.1) is 0 Å². The fourth-order valence-corrected chi connectivity index (χ4v) is 3.86. The molecular formula is C13H25N3. The third-order valence-electron chi connectivity index (χ3n) is 4.83. The molecule has 3 fully saturated rings. The number of hydrogen-bond acceptors (Lipinski definition) is 3. The maximum atomic E-state index is 3.51. The zero-order chi connectivity index (χ0) is 11.0. The Labute approximate surface area is 99.2 Å². The molecule has 0 bridgehead atoms. The molecule has 0 saturated carbocycles. The lowest BCUT2D eigenvalue weighted by Gasteiger charge is -2.45. The van der Waals surface area contributed by atoms with E-state index in [1.54, 1.807) is 0 Å². The number of piperazine rings is 1. The van der Waals surface area contributed by atoms with Crippen LogP contribution < -0.4 is 5.32 Å². The molecule has 3 rings (SSSR count). The lowest BCUT2D eigenvalue weighted by molar-refractivity contribution is 0.0403. The van der Waals surface area contributed by atoms with Gasteiger partial charge in [-0.3, -0.25) is 9.80 Å². The maximum Gasteiger partial charge on any atom is 0.0224 e. The van der Waals surface area contributed by atoms with Gasteiger partial charge < -0.3 is 5.32 Å². The van der Waals surface area contributed by atoms with Crippen molar-refractivity contribution < 1.29 is 0 Å². The normalized spacial score (nSPS) is 42.2. The molecule has 3 heteroatoms. The summed E-state index contributed by atoms with van der Waals surface area (Å²) in [4.78, 5) is 5.50. The Morgan fingerprint density at radius 3 is 2.81 bits per heavy atom. The van der Waals surface area contributed by atoms with Crippen molar-refractivity contribution >= 4 is 0 Å². The number of hydrogen-bond donors (Lipinski definition) is 1. The van der Waals surface area contributed by atoms with Crippen LogP contribution in [0.5, 0.6) is 0 Å². The molecule has 16 heavy (non-hydrogen) atoms. The van der Waals surface area contributed by atoms with E-state index in [4.69, 9.17) is 0 Å². The first kappa shape index (κ1) is 11.0. The summed E-state index contributed by atoms with van der Waals surface area (Å²) in [7, 11) is 0. The molecule has 1 N–H and O–H groups in total. The summed E-state index contributed by atoms with van der Waals surface area (Å²) in [5.41, 5.74) is 0. The lowest BCUT2D eigenvalue weighted by Crippen LogP contribution is -2.57. The van der Waals surface area contributed by atoms with Crippen molar-refractivity contribution in [3.63, 3.8) is 0 Å². The molecule has 0 aliphatic carbocycles. The second kappa shape index (κ2) is 4.63. The summed E-state index contributed by atoms with van der Waals surface area (Å²) < 4.78 is 0. The number of fused-ring (bicyclic) bond motifs is 1. The van der Waals surface area contributed by atoms with E-state index >= 15 is 0 Å². The largest absolute Gasteiger partial charge is 0.316 e. The van der Waals surface area contributed by atoms with Crippen LogP contribution >= 0.6 is 0 Å². The van der Waals surface area contributed by atoms with Crippen LogP contribution in [0.1, 0.15) is 26.2 Å². The first-order valence-electron chi connectivity index (χ1n) is 7.03. The zero-order valence-corrected chi connectivity index (χ0v) is 10.5. The molecule has 0 aromatic rings. The molecule has 3 aliphatic rings. The van der Waals surface area contributed by atoms with Crippen LogP contribution in [0.15, 0.2) is 0 Å². The third-order valence-corrected chi connectivity index (χ3v) is 4.83. The van der Waals surface area contributed by atoms with E-state index in [1.807, 2.05) is 0 Å². The van der Waals surface area contributed by atoms with Gasteiger partial charge in [-0.25, -0.2) is 0 Å². The van der Waals surface area contributed by atoms with E-state index in [0.29, 0.717) is 0 Å². The summed E-state index contributed by atoms with van der Waals surface area (Å²) >= 11 is 0. The Bertz CT molecular complexity index is 243. The molecule has 0 amide bonds. The number of nitrogens with one attached hydrogen (secondary N) is 1. The first-order valence-corrected chi connectivity index (χ1v) is 7.03. The van der Waals surface area contributed by atoms with Crippen molar-refractivity contribution in [2.24, 2.45) is 5.92 Å². The van der Waals surface area contributed by atoms with Crippen LogP contribution in [0.3, 0.4) is 0 Å². The third kappa shape index (κ3) is 2.01. The predicted molar refractivity (Wildman–Crippen MR) is 66.6 cm³/mol. The van der Waals surface area contributed by atoms with Crippen molar-refractivity contribution in [1.82, 2.24) is 15.1 Å². The van der Waals surface area contributed by atoms with E-state index < -0.39 is 0 Å². The summed E-state index contributed by atoms with van der Waals surface area (Å²) in [6.07, 6.45) is 4.23. The zero-order valence-electron chi connectivity index (χ0n) is 10.5. The number of rotatable bonds is 1. The van der Waals surface area contributed by atoms with Gasteiger partial charge in [0, 0.05) is 31.7 Å². The summed E-state index contributed by atoms with van der Waals surface area (Å²) in [6.45, 7) is 10.2. The summed E-state index contributed by atoms with van der Waals surface area (Å²) in [5.74, 6) is 0.835. The highest BCUT2D eigenvalue weighted by atomic mass is 15.3. The van der Waals surface area contributed by atoms with Crippen molar-refractivity contribution in [3.05, 3.63) is 0 Å². The van der Waals surface area contributed by atoms with Gasteiger partial charge in [-0.1, -0.05) is 6.92 Å². The highest BCUT2D eigenvalue weighted by molar-refractivity contribution is 4.92. The summed E-state index contributed by atoms with van der Waals surface area (Å²) in [5, 5.41) is 3.51. The van der Waals surface area contributed by atoms with Gasteiger partial charge in [-0.05, 0) is 44.8 Å². The Hall–Kier alpha value is -0.120. The number of piperidine rings is 1. The molecule has 3 unspecified atom stereocenters. The van der Waals surface area contributed by atoms with E-state index in [9.17, 15) is 0 Å². The molecule has 0 aromatic heterocycles. The average molecular weight is 223 g/mol. The molecule has 3 saturated heterocycles. The van der Waals surface area contributed by atoms with Crippen molar-refractivity contribution in [2.75, 3.05) is 39.3 Å². The van der Waals surface area contributed by atoms with E-state index in [1.165, 1.54) is 58.5 Å². The van der Waals surface area contributed by atoms with Gasteiger partial charge in [0.05, 0.1) is 0 Å². The fourth-order valence-electron chi connectivity index (χ4n) is 3.86. The van der Waals surface area contributed by atoms with Crippen LogP contribution in [0.4, 0.5) is 0 Å². The van der Waals surface area contributed by atoms with Crippen molar-refractivity contribution in [2.45, 2.75) is 38.3 Å². The van der Waals surface area contributed by atoms with Crippen molar-refractivity contribution in [1.29, 1.82) is 0 Å². The Kier molecular flexibility index (Phi) is 3.18. The maximum absolute atomic E-state index is 3.51. The molecule has 0 radical (unpaired) electrons. The van der Waals surface area contributed by atoms with Crippen LogP contribution in [0, 0.1) is 5.92 Å². The highest BCUT2D eigenvalue weighted by Gasteiger charge is 2.35. The molecule has 92 valence electrons. The van der Waals surface area contributed by atoms with E-state index in [2.05, 4.69) is 22.0 Å². The Morgan fingerprint density at radius 1 is 1.06 bits per heavy atom. The monoisotopic (exact) mass is 223 g/mol. The molecule has 3 aliphatic heterocycles. The smallest absolute Gasteiger partial charge is 0.0224 e. The highest BCUT2D eigenvalue weighted by Crippen LogP contribution is 2.26. The predicted octanol–water partition coefficient (Wildman–Crippen LogP) is 0.764. The van der Waals surface area contributed by atoms with Gasteiger partial charge in [-0.2, -0.15) is 0 Å². The topological polar surface area (TPSA) is 18.5 Å². The minimum absolute atomic E-state index is 0.835. The fraction of sp³-hybridized carbons (Fsp3) is 1.00. The quantitative estimate of drug-likeness (QED) is 0.708.